The number of methoxy groups -OCH3 is 1. The van der Waals surface area contributed by atoms with Gasteiger partial charge in [0.15, 0.2) is 11.6 Å². The van der Waals surface area contributed by atoms with Crippen molar-refractivity contribution in [1.29, 1.82) is 0 Å². The van der Waals surface area contributed by atoms with Crippen molar-refractivity contribution in [3.05, 3.63) is 34.9 Å². The second-order valence-electron chi connectivity index (χ2n) is 5.29. The van der Waals surface area contributed by atoms with Crippen LogP contribution in [0.3, 0.4) is 0 Å². The normalized spacial score (nSPS) is 13.6. The molecule has 0 heterocycles. The number of hydrogen-bond acceptors (Lipinski definition) is 2. The summed E-state index contributed by atoms with van der Waals surface area (Å²) < 4.78 is 33.3. The molecule has 0 saturated heterocycles. The molecule has 19 heavy (non-hydrogen) atoms. The van der Waals surface area contributed by atoms with Gasteiger partial charge in [0.05, 0.1) is 11.6 Å². The van der Waals surface area contributed by atoms with Crippen LogP contribution in [0.25, 0.3) is 0 Å². The predicted molar refractivity (Wildman–Crippen MR) is 73.2 cm³/mol. The van der Waals surface area contributed by atoms with Crippen molar-refractivity contribution in [2.75, 3.05) is 13.7 Å². The second-order valence-corrected chi connectivity index (χ2v) is 5.29. The van der Waals surface area contributed by atoms with Gasteiger partial charge in [-0.1, -0.05) is 19.1 Å². The SMILES string of the molecule is CCCNC(c1ccc(C)c(F)c1F)C(C)(C)OC. The number of benzene rings is 1. The molecule has 0 spiro atoms. The summed E-state index contributed by atoms with van der Waals surface area (Å²) in [6.45, 7) is 8.01. The second kappa shape index (κ2) is 6.44. The van der Waals surface area contributed by atoms with Gasteiger partial charge in [0.2, 0.25) is 0 Å². The molecule has 0 amide bonds. The molecule has 0 aliphatic heterocycles. The van der Waals surface area contributed by atoms with Gasteiger partial charge in [0.1, 0.15) is 0 Å². The predicted octanol–water partition coefficient (Wildman–Crippen LogP) is 3.74. The van der Waals surface area contributed by atoms with Crippen molar-refractivity contribution < 1.29 is 13.5 Å². The molecule has 2 nitrogen and oxygen atoms in total. The van der Waals surface area contributed by atoms with Crippen LogP contribution in [-0.2, 0) is 4.74 Å². The first-order valence-corrected chi connectivity index (χ1v) is 6.58. The fraction of sp³-hybridized carbons (Fsp3) is 0.600. The van der Waals surface area contributed by atoms with Crippen LogP contribution >= 0.6 is 0 Å². The zero-order valence-electron chi connectivity index (χ0n) is 12.3. The van der Waals surface area contributed by atoms with Crippen molar-refractivity contribution >= 4 is 0 Å². The molecule has 1 atom stereocenters. The van der Waals surface area contributed by atoms with Crippen molar-refractivity contribution in [2.24, 2.45) is 0 Å². The van der Waals surface area contributed by atoms with E-state index in [1.807, 2.05) is 20.8 Å². The maximum atomic E-state index is 14.1. The van der Waals surface area contributed by atoms with Crippen molar-refractivity contribution in [3.63, 3.8) is 0 Å². The summed E-state index contributed by atoms with van der Waals surface area (Å²) in [4.78, 5) is 0. The van der Waals surface area contributed by atoms with Gasteiger partial charge in [0.25, 0.3) is 0 Å². The van der Waals surface area contributed by atoms with Crippen LogP contribution in [0.1, 0.15) is 44.4 Å². The average molecular weight is 271 g/mol. The van der Waals surface area contributed by atoms with Gasteiger partial charge >= 0.3 is 0 Å². The van der Waals surface area contributed by atoms with Crippen LogP contribution in [0.15, 0.2) is 12.1 Å². The van der Waals surface area contributed by atoms with Crippen LogP contribution in [0.4, 0.5) is 8.78 Å². The molecule has 0 bridgehead atoms. The maximum absolute atomic E-state index is 14.1. The lowest BCUT2D eigenvalue weighted by atomic mass is 9.90. The Kier molecular flexibility index (Phi) is 5.44. The number of ether oxygens (including phenoxy) is 1. The molecule has 0 aliphatic rings. The van der Waals surface area contributed by atoms with E-state index in [9.17, 15) is 8.78 Å². The highest BCUT2D eigenvalue weighted by Crippen LogP contribution is 2.31. The van der Waals surface area contributed by atoms with E-state index in [2.05, 4.69) is 5.32 Å². The molecule has 1 aromatic rings. The summed E-state index contributed by atoms with van der Waals surface area (Å²) in [7, 11) is 1.57. The molecule has 1 N–H and O–H groups in total. The summed E-state index contributed by atoms with van der Waals surface area (Å²) in [5.74, 6) is -1.58. The van der Waals surface area contributed by atoms with Gasteiger partial charge < -0.3 is 10.1 Å². The Labute approximate surface area is 114 Å². The Morgan fingerprint density at radius 1 is 1.26 bits per heavy atom. The van der Waals surface area contributed by atoms with Crippen LogP contribution in [0.2, 0.25) is 0 Å². The minimum absolute atomic E-state index is 0.309. The zero-order valence-corrected chi connectivity index (χ0v) is 12.3. The first kappa shape index (κ1) is 16.1. The Hall–Kier alpha value is -1.00. The largest absolute Gasteiger partial charge is 0.377 e. The van der Waals surface area contributed by atoms with Gasteiger partial charge in [-0.05, 0) is 39.3 Å². The smallest absolute Gasteiger partial charge is 0.163 e. The lowest BCUT2D eigenvalue weighted by Crippen LogP contribution is -2.41. The Morgan fingerprint density at radius 2 is 1.89 bits per heavy atom. The fourth-order valence-electron chi connectivity index (χ4n) is 2.02. The summed E-state index contributed by atoms with van der Waals surface area (Å²) in [5.41, 5.74) is -0.00772. The monoisotopic (exact) mass is 271 g/mol. The molecule has 4 heteroatoms. The summed E-state index contributed by atoms with van der Waals surface area (Å²) in [6, 6.07) is 2.83. The van der Waals surface area contributed by atoms with Gasteiger partial charge in [-0.25, -0.2) is 8.78 Å². The number of rotatable bonds is 6. The minimum Gasteiger partial charge on any atom is -0.377 e. The maximum Gasteiger partial charge on any atom is 0.163 e. The van der Waals surface area contributed by atoms with E-state index in [4.69, 9.17) is 4.74 Å². The first-order chi connectivity index (χ1) is 8.85. The van der Waals surface area contributed by atoms with Crippen LogP contribution < -0.4 is 5.32 Å². The number of nitrogens with one attached hydrogen (secondary N) is 1. The van der Waals surface area contributed by atoms with E-state index in [0.29, 0.717) is 17.7 Å². The van der Waals surface area contributed by atoms with Crippen molar-refractivity contribution in [3.8, 4) is 0 Å². The standard InChI is InChI=1S/C15H23F2NO/c1-6-9-18-14(15(3,4)19-5)11-8-7-10(2)12(16)13(11)17/h7-8,14,18H,6,9H2,1-5H3. The summed E-state index contributed by atoms with van der Waals surface area (Å²) >= 11 is 0. The third-order valence-electron chi connectivity index (χ3n) is 3.44. The lowest BCUT2D eigenvalue weighted by Gasteiger charge is -2.34. The Bertz CT molecular complexity index is 432. The van der Waals surface area contributed by atoms with Gasteiger partial charge in [-0.3, -0.25) is 0 Å². The third-order valence-corrected chi connectivity index (χ3v) is 3.44. The molecule has 1 rings (SSSR count). The average Bonchev–Trinajstić information content (AvgIpc) is 2.38. The van der Waals surface area contributed by atoms with Gasteiger partial charge in [-0.2, -0.15) is 0 Å². The molecule has 1 unspecified atom stereocenters. The molecule has 0 aromatic heterocycles. The molecule has 108 valence electrons. The summed E-state index contributed by atoms with van der Waals surface area (Å²) in [6.07, 6.45) is 0.909. The number of hydrogen-bond donors (Lipinski definition) is 1. The van der Waals surface area contributed by atoms with Crippen LogP contribution in [0.5, 0.6) is 0 Å². The number of aryl methyl sites for hydroxylation is 1. The van der Waals surface area contributed by atoms with E-state index in [1.54, 1.807) is 26.2 Å². The Morgan fingerprint density at radius 3 is 2.42 bits per heavy atom. The molecular weight excluding hydrogens is 248 g/mol. The molecule has 0 fully saturated rings. The van der Waals surface area contributed by atoms with E-state index in [-0.39, 0.29) is 0 Å². The van der Waals surface area contributed by atoms with Crippen molar-refractivity contribution in [1.82, 2.24) is 5.32 Å². The molecular formula is C15H23F2NO. The summed E-state index contributed by atoms with van der Waals surface area (Å²) in [5, 5.41) is 3.23. The van der Waals surface area contributed by atoms with Crippen molar-refractivity contribution in [2.45, 2.75) is 45.8 Å². The molecule has 0 saturated carbocycles. The fourth-order valence-corrected chi connectivity index (χ4v) is 2.02. The first-order valence-electron chi connectivity index (χ1n) is 6.58. The highest BCUT2D eigenvalue weighted by atomic mass is 19.2. The topological polar surface area (TPSA) is 21.3 Å². The molecule has 0 aliphatic carbocycles. The van der Waals surface area contributed by atoms with Gasteiger partial charge in [0, 0.05) is 12.7 Å². The van der Waals surface area contributed by atoms with E-state index in [0.717, 1.165) is 6.42 Å². The van der Waals surface area contributed by atoms with E-state index in [1.165, 1.54) is 0 Å². The third kappa shape index (κ3) is 3.51. The van der Waals surface area contributed by atoms with Gasteiger partial charge in [-0.15, -0.1) is 0 Å². The number of halogens is 2. The zero-order chi connectivity index (χ0) is 14.6. The minimum atomic E-state index is -0.793. The quantitative estimate of drug-likeness (QED) is 0.851. The highest BCUT2D eigenvalue weighted by molar-refractivity contribution is 5.29. The van der Waals surface area contributed by atoms with E-state index >= 15 is 0 Å². The van der Waals surface area contributed by atoms with E-state index < -0.39 is 23.3 Å². The van der Waals surface area contributed by atoms with Crippen LogP contribution in [0, 0.1) is 18.6 Å². The Balaban J connectivity index is 3.21. The molecule has 0 radical (unpaired) electrons. The highest BCUT2D eigenvalue weighted by Gasteiger charge is 2.33. The van der Waals surface area contributed by atoms with Crippen LogP contribution in [-0.4, -0.2) is 19.3 Å². The lowest BCUT2D eigenvalue weighted by molar-refractivity contribution is -0.0121. The molecule has 1 aromatic carbocycles.